The highest BCUT2D eigenvalue weighted by Gasteiger charge is 1.95. The summed E-state index contributed by atoms with van der Waals surface area (Å²) < 4.78 is 5.68. The van der Waals surface area contributed by atoms with E-state index in [0.29, 0.717) is 6.61 Å². The van der Waals surface area contributed by atoms with Gasteiger partial charge in [0, 0.05) is 0 Å². The number of allylic oxidation sites excluding steroid dienone is 3. The Morgan fingerprint density at radius 3 is 2.88 bits per heavy atom. The van der Waals surface area contributed by atoms with Crippen LogP contribution < -0.4 is 4.74 Å². The normalized spacial score (nSPS) is 11.8. The van der Waals surface area contributed by atoms with E-state index in [-0.39, 0.29) is 0 Å². The zero-order valence-electron chi connectivity index (χ0n) is 9.94. The maximum atomic E-state index is 5.68. The Labute approximate surface area is 97.8 Å². The van der Waals surface area contributed by atoms with Crippen LogP contribution in [-0.2, 0) is 0 Å². The molecule has 0 unspecified atom stereocenters. The van der Waals surface area contributed by atoms with Crippen molar-refractivity contribution in [3.8, 4) is 5.75 Å². The second kappa shape index (κ2) is 6.67. The van der Waals surface area contributed by atoms with Gasteiger partial charge in [0.1, 0.15) is 12.4 Å². The maximum Gasteiger partial charge on any atom is 0.120 e. The zero-order chi connectivity index (χ0) is 11.8. The van der Waals surface area contributed by atoms with Gasteiger partial charge in [-0.05, 0) is 37.1 Å². The molecule has 0 saturated heterocycles. The predicted octanol–water partition coefficient (Wildman–Crippen LogP) is 4.06. The van der Waals surface area contributed by atoms with Crippen molar-refractivity contribution >= 4 is 0 Å². The third-order valence-electron chi connectivity index (χ3n) is 2.21. The number of benzene rings is 1. The van der Waals surface area contributed by atoms with Crippen LogP contribution in [-0.4, -0.2) is 6.61 Å². The molecule has 1 heteroatoms. The van der Waals surface area contributed by atoms with E-state index in [2.05, 4.69) is 19.6 Å². The minimum absolute atomic E-state index is 0.588. The maximum absolute atomic E-state index is 5.68. The van der Waals surface area contributed by atoms with Crippen LogP contribution in [0.15, 0.2) is 60.7 Å². The zero-order valence-corrected chi connectivity index (χ0v) is 9.94. The van der Waals surface area contributed by atoms with Gasteiger partial charge < -0.3 is 4.74 Å². The minimum Gasteiger partial charge on any atom is -0.489 e. The summed E-state index contributed by atoms with van der Waals surface area (Å²) in [5.74, 6) is 0.909. The van der Waals surface area contributed by atoms with Crippen LogP contribution in [0, 0.1) is 6.92 Å². The summed E-state index contributed by atoms with van der Waals surface area (Å²) in [4.78, 5) is 0. The fraction of sp³-hybridized carbons (Fsp3) is 0.200. The number of aryl methyl sites for hydroxylation is 1. The molecule has 0 N–H and O–H groups in total. The molecule has 84 valence electrons. The summed E-state index contributed by atoms with van der Waals surface area (Å²) in [6.07, 6.45) is 7.71. The van der Waals surface area contributed by atoms with Crippen molar-refractivity contribution in [3.05, 3.63) is 66.3 Å². The predicted molar refractivity (Wildman–Crippen MR) is 69.8 cm³/mol. The van der Waals surface area contributed by atoms with E-state index in [1.165, 1.54) is 5.56 Å². The van der Waals surface area contributed by atoms with Gasteiger partial charge in [-0.1, -0.05) is 43.0 Å². The Balaban J connectivity index is 2.56. The fourth-order valence-corrected chi connectivity index (χ4v) is 1.29. The molecule has 0 radical (unpaired) electrons. The summed E-state index contributed by atoms with van der Waals surface area (Å²) in [5.41, 5.74) is 2.35. The first-order chi connectivity index (χ1) is 7.76. The number of hydrogen-bond acceptors (Lipinski definition) is 1. The fourth-order valence-electron chi connectivity index (χ4n) is 1.29. The Morgan fingerprint density at radius 1 is 1.44 bits per heavy atom. The molecule has 16 heavy (non-hydrogen) atoms. The molecule has 1 aromatic rings. The highest BCUT2D eigenvalue weighted by Crippen LogP contribution is 2.13. The standard InChI is InChI=1S/C15H18O/c1-4-6-9-14(5-2)12-16-15-10-7-8-13(3)11-15/h4-11H,1,12H2,2-3H3/b9-6-,14-5+. The van der Waals surface area contributed by atoms with Crippen LogP contribution in [0.4, 0.5) is 0 Å². The van der Waals surface area contributed by atoms with Gasteiger partial charge in [0.25, 0.3) is 0 Å². The molecule has 0 amide bonds. The largest absolute Gasteiger partial charge is 0.489 e. The molecule has 0 aromatic heterocycles. The molecule has 1 rings (SSSR count). The van der Waals surface area contributed by atoms with Gasteiger partial charge in [-0.2, -0.15) is 0 Å². The van der Waals surface area contributed by atoms with Crippen molar-refractivity contribution in [1.29, 1.82) is 0 Å². The topological polar surface area (TPSA) is 9.23 Å². The average molecular weight is 214 g/mol. The van der Waals surface area contributed by atoms with Crippen molar-refractivity contribution < 1.29 is 4.74 Å². The van der Waals surface area contributed by atoms with Gasteiger partial charge in [0.05, 0.1) is 0 Å². The summed E-state index contributed by atoms with van der Waals surface area (Å²) in [7, 11) is 0. The summed E-state index contributed by atoms with van der Waals surface area (Å²) in [6, 6.07) is 8.06. The summed E-state index contributed by atoms with van der Waals surface area (Å²) in [6.45, 7) is 8.29. The molecule has 0 aliphatic heterocycles. The smallest absolute Gasteiger partial charge is 0.120 e. The van der Waals surface area contributed by atoms with E-state index >= 15 is 0 Å². The van der Waals surface area contributed by atoms with Gasteiger partial charge >= 0.3 is 0 Å². The number of ether oxygens (including phenoxy) is 1. The second-order valence-electron chi connectivity index (χ2n) is 3.56. The molecule has 0 heterocycles. The third kappa shape index (κ3) is 4.18. The third-order valence-corrected chi connectivity index (χ3v) is 2.21. The SMILES string of the molecule is C=C/C=C\C(=C/C)COc1cccc(C)c1. The molecular formula is C15H18O. The van der Waals surface area contributed by atoms with Gasteiger partial charge in [0.2, 0.25) is 0 Å². The van der Waals surface area contributed by atoms with Gasteiger partial charge in [-0.3, -0.25) is 0 Å². The lowest BCUT2D eigenvalue weighted by Gasteiger charge is -2.07. The monoisotopic (exact) mass is 214 g/mol. The molecule has 0 bridgehead atoms. The average Bonchev–Trinajstić information content (AvgIpc) is 2.29. The van der Waals surface area contributed by atoms with Crippen molar-refractivity contribution in [1.82, 2.24) is 0 Å². The highest BCUT2D eigenvalue weighted by atomic mass is 16.5. The minimum atomic E-state index is 0.588. The Kier molecular flexibility index (Phi) is 5.13. The van der Waals surface area contributed by atoms with E-state index in [9.17, 15) is 0 Å². The molecule has 0 aliphatic rings. The Hall–Kier alpha value is -1.76. The van der Waals surface area contributed by atoms with Crippen molar-refractivity contribution in [2.75, 3.05) is 6.61 Å². The molecular weight excluding hydrogens is 196 g/mol. The van der Waals surface area contributed by atoms with Crippen LogP contribution in [0.5, 0.6) is 5.75 Å². The highest BCUT2D eigenvalue weighted by molar-refractivity contribution is 5.29. The molecule has 0 spiro atoms. The van der Waals surface area contributed by atoms with Gasteiger partial charge in [0.15, 0.2) is 0 Å². The lowest BCUT2D eigenvalue weighted by atomic mass is 10.2. The lowest BCUT2D eigenvalue weighted by molar-refractivity contribution is 0.355. The van der Waals surface area contributed by atoms with Crippen LogP contribution in [0.2, 0.25) is 0 Å². The van der Waals surface area contributed by atoms with Crippen LogP contribution in [0.3, 0.4) is 0 Å². The quantitative estimate of drug-likeness (QED) is 0.671. The lowest BCUT2D eigenvalue weighted by Crippen LogP contribution is -1.99. The molecule has 0 saturated carbocycles. The Bertz CT molecular complexity index is 400. The van der Waals surface area contributed by atoms with Crippen LogP contribution in [0.1, 0.15) is 12.5 Å². The van der Waals surface area contributed by atoms with Crippen molar-refractivity contribution in [2.45, 2.75) is 13.8 Å². The van der Waals surface area contributed by atoms with E-state index in [1.807, 2.05) is 43.4 Å². The van der Waals surface area contributed by atoms with E-state index in [0.717, 1.165) is 11.3 Å². The molecule has 1 nitrogen and oxygen atoms in total. The van der Waals surface area contributed by atoms with Gasteiger partial charge in [-0.15, -0.1) is 0 Å². The van der Waals surface area contributed by atoms with Crippen LogP contribution >= 0.6 is 0 Å². The van der Waals surface area contributed by atoms with Crippen molar-refractivity contribution in [2.24, 2.45) is 0 Å². The molecule has 0 aliphatic carbocycles. The summed E-state index contributed by atoms with van der Waals surface area (Å²) >= 11 is 0. The van der Waals surface area contributed by atoms with Gasteiger partial charge in [-0.25, -0.2) is 0 Å². The second-order valence-corrected chi connectivity index (χ2v) is 3.56. The first kappa shape index (κ1) is 12.3. The Morgan fingerprint density at radius 2 is 2.25 bits per heavy atom. The molecule has 1 aromatic carbocycles. The van der Waals surface area contributed by atoms with Crippen LogP contribution in [0.25, 0.3) is 0 Å². The van der Waals surface area contributed by atoms with E-state index < -0.39 is 0 Å². The summed E-state index contributed by atoms with van der Waals surface area (Å²) in [5, 5.41) is 0. The molecule has 0 atom stereocenters. The molecule has 0 fully saturated rings. The number of rotatable bonds is 5. The van der Waals surface area contributed by atoms with Crippen molar-refractivity contribution in [3.63, 3.8) is 0 Å². The number of hydrogen-bond donors (Lipinski definition) is 0. The van der Waals surface area contributed by atoms with E-state index in [4.69, 9.17) is 4.74 Å². The first-order valence-electron chi connectivity index (χ1n) is 5.40. The first-order valence-corrected chi connectivity index (χ1v) is 5.40. The van der Waals surface area contributed by atoms with E-state index in [1.54, 1.807) is 6.08 Å².